The second-order valence-corrected chi connectivity index (χ2v) is 26.3. The molecule has 0 spiro atoms. The molecule has 0 amide bonds. The van der Waals surface area contributed by atoms with Gasteiger partial charge in [-0.1, -0.05) is 0 Å². The van der Waals surface area contributed by atoms with Crippen LogP contribution in [0.15, 0.2) is 87.2 Å². The van der Waals surface area contributed by atoms with Gasteiger partial charge < -0.3 is 0 Å². The maximum atomic E-state index is 5.48. The van der Waals surface area contributed by atoms with Crippen molar-refractivity contribution in [2.75, 3.05) is 0 Å². The van der Waals surface area contributed by atoms with E-state index in [-0.39, 0.29) is 30.2 Å². The molecule has 3 aromatic rings. The van der Waals surface area contributed by atoms with E-state index in [9.17, 15) is 0 Å². The molecule has 0 aliphatic heterocycles. The first-order valence-electron chi connectivity index (χ1n) is 13.3. The Morgan fingerprint density at radius 1 is 0.892 bits per heavy atom. The fourth-order valence-corrected chi connectivity index (χ4v) is 22.0. The predicted molar refractivity (Wildman–Crippen MR) is 167 cm³/mol. The molecule has 2 aliphatic carbocycles. The number of aryl methyl sites for hydroxylation is 1. The van der Waals surface area contributed by atoms with Crippen molar-refractivity contribution in [3.05, 3.63) is 104 Å². The minimum absolute atomic E-state index is 0. The van der Waals surface area contributed by atoms with Crippen LogP contribution in [0.2, 0.25) is 4.63 Å². The zero-order valence-electron chi connectivity index (χ0n) is 23.4. The normalized spacial score (nSPS) is 17.0. The number of hydrogen-bond acceptors (Lipinski definition) is 0. The summed E-state index contributed by atoms with van der Waals surface area (Å²) in [5.74, 6) is 0.410. The Balaban J connectivity index is 0.00000190. The molecule has 3 heteroatoms. The Hall–Kier alpha value is -1.53. The molecule has 196 valence electrons. The van der Waals surface area contributed by atoms with Crippen molar-refractivity contribution in [1.29, 1.82) is 0 Å². The fourth-order valence-electron chi connectivity index (χ4n) is 7.21. The number of halogens is 2. The van der Waals surface area contributed by atoms with E-state index in [2.05, 4.69) is 119 Å². The monoisotopic (exact) mass is 610 g/mol. The van der Waals surface area contributed by atoms with Gasteiger partial charge in [0.05, 0.1) is 0 Å². The first kappa shape index (κ1) is 30.0. The Bertz CT molecular complexity index is 1460. The maximum absolute atomic E-state index is 5.48. The van der Waals surface area contributed by atoms with E-state index in [1.165, 1.54) is 36.7 Å². The van der Waals surface area contributed by atoms with E-state index in [1.807, 2.05) is 0 Å². The third-order valence-corrected chi connectivity index (χ3v) is 23.7. The summed E-state index contributed by atoms with van der Waals surface area (Å²) in [5, 5.41) is 0. The van der Waals surface area contributed by atoms with Gasteiger partial charge >= 0.3 is 214 Å². The van der Waals surface area contributed by atoms with Gasteiger partial charge in [0.1, 0.15) is 0 Å². The van der Waals surface area contributed by atoms with Crippen LogP contribution in [0, 0.1) is 18.3 Å². The van der Waals surface area contributed by atoms with Gasteiger partial charge in [0.2, 0.25) is 0 Å². The quantitative estimate of drug-likeness (QED) is 0.216. The van der Waals surface area contributed by atoms with Gasteiger partial charge in [-0.3, -0.25) is 0 Å². The molecule has 0 radical (unpaired) electrons. The van der Waals surface area contributed by atoms with Crippen LogP contribution in [0.25, 0.3) is 11.1 Å². The number of hydrogen-bond donors (Lipinski definition) is 0. The fraction of sp³-hybridized carbons (Fsp3) is 0.324. The molecule has 0 saturated carbocycles. The predicted octanol–water partition coefficient (Wildman–Crippen LogP) is 8.82. The van der Waals surface area contributed by atoms with Crippen LogP contribution in [-0.4, -0.2) is 4.21 Å². The zero-order chi connectivity index (χ0) is 25.2. The van der Waals surface area contributed by atoms with Crippen LogP contribution >= 0.6 is 24.8 Å². The second kappa shape index (κ2) is 10.2. The van der Waals surface area contributed by atoms with E-state index in [0.29, 0.717) is 5.92 Å². The van der Waals surface area contributed by atoms with Gasteiger partial charge in [0, 0.05) is 0 Å². The second-order valence-electron chi connectivity index (χ2n) is 12.4. The van der Waals surface area contributed by atoms with Gasteiger partial charge in [-0.2, -0.15) is 0 Å². The number of rotatable bonds is 4. The average Bonchev–Trinajstić information content (AvgIpc) is 3.37. The van der Waals surface area contributed by atoms with Gasteiger partial charge in [-0.25, -0.2) is 0 Å². The molecule has 0 bridgehead atoms. The standard InChI is InChI=1S/C13H9.C12H19.C7H7.CH3.CH2.2ClH.Zr/c1-3-7-12-10(5-1)9-11-6-2-4-8-13(11)12;1-6-10-7-9(2)8-11(10)12(3,4)5;1-7-5-3-2-4-6-7;;;;;/h1-5,7-8H,9H2;8-9H,6H2,1-5H3;3-6H,1H3;1H3;1H2;2*1H;. The topological polar surface area (TPSA) is 0 Å². The molecule has 5 rings (SSSR count). The summed E-state index contributed by atoms with van der Waals surface area (Å²) in [5.41, 5.74) is 10.4. The molecule has 0 nitrogen and oxygen atoms in total. The first-order valence-corrected chi connectivity index (χ1v) is 21.1. The minimum atomic E-state index is -4.24. The Morgan fingerprint density at radius 2 is 1.51 bits per heavy atom. The summed E-state index contributed by atoms with van der Waals surface area (Å²) in [6.45, 7) is 14.1. The number of benzene rings is 3. The number of allylic oxidation sites excluding steroid dienone is 4. The van der Waals surface area contributed by atoms with Gasteiger partial charge in [0.15, 0.2) is 0 Å². The Kier molecular flexibility index (Phi) is 8.29. The van der Waals surface area contributed by atoms with Crippen LogP contribution in [0.4, 0.5) is 0 Å². The van der Waals surface area contributed by atoms with Crippen LogP contribution in [-0.2, 0) is 24.7 Å². The van der Waals surface area contributed by atoms with Crippen molar-refractivity contribution >= 4 is 35.6 Å². The van der Waals surface area contributed by atoms with Crippen LogP contribution in [0.5, 0.6) is 0 Å². The number of fused-ring (bicyclic) bond motifs is 3. The van der Waals surface area contributed by atoms with Crippen LogP contribution < -0.4 is 6.54 Å². The molecule has 3 aromatic carbocycles. The molecule has 0 saturated heterocycles. The molecule has 0 fully saturated rings. The third kappa shape index (κ3) is 4.54. The molecule has 0 aromatic heterocycles. The summed E-state index contributed by atoms with van der Waals surface area (Å²) in [7, 11) is 0. The van der Waals surface area contributed by atoms with Crippen molar-refractivity contribution in [3.8, 4) is 11.1 Å². The molecule has 37 heavy (non-hydrogen) atoms. The van der Waals surface area contributed by atoms with E-state index >= 15 is 0 Å². The Labute approximate surface area is 237 Å². The van der Waals surface area contributed by atoms with E-state index < -0.39 is 18.3 Å². The van der Waals surface area contributed by atoms with Crippen molar-refractivity contribution in [2.45, 2.75) is 59.0 Å². The molecule has 2 aliphatic rings. The zero-order valence-corrected chi connectivity index (χ0v) is 27.5. The van der Waals surface area contributed by atoms with E-state index in [1.54, 1.807) is 12.1 Å². The first-order chi connectivity index (χ1) is 16.5. The van der Waals surface area contributed by atoms with E-state index in [4.69, 9.17) is 4.21 Å². The van der Waals surface area contributed by atoms with Crippen molar-refractivity contribution in [3.63, 3.8) is 0 Å². The molecule has 1 atom stereocenters. The van der Waals surface area contributed by atoms with Gasteiger partial charge in [0.25, 0.3) is 0 Å². The van der Waals surface area contributed by atoms with Crippen molar-refractivity contribution in [1.82, 2.24) is 0 Å². The summed E-state index contributed by atoms with van der Waals surface area (Å²) < 4.78 is 12.8. The molecule has 0 heterocycles. The Morgan fingerprint density at radius 3 is 2.14 bits per heavy atom. The van der Waals surface area contributed by atoms with Crippen LogP contribution in [0.1, 0.15) is 57.7 Å². The summed E-state index contributed by atoms with van der Waals surface area (Å²) >= 11 is -4.24. The SMILES string of the molecule is Cl.Cl.[CH2]=[Zr]([CH3])([C]1=C(CC)C(C(C)(C)C)=CC1C)([c]1ccc(C)cc1)[c]1cccc2c1Cc1ccccc1-2. The summed E-state index contributed by atoms with van der Waals surface area (Å²) in [4.78, 5) is 0. The van der Waals surface area contributed by atoms with Gasteiger partial charge in [-0.05, 0) is 0 Å². The summed E-state index contributed by atoms with van der Waals surface area (Å²) in [6.07, 6.45) is 4.66. The van der Waals surface area contributed by atoms with Crippen molar-refractivity contribution < 1.29 is 18.3 Å². The van der Waals surface area contributed by atoms with E-state index in [0.717, 1.165) is 12.8 Å². The molecular weight excluding hydrogens is 571 g/mol. The average molecular weight is 613 g/mol. The molecule has 0 N–H and O–H groups in total. The van der Waals surface area contributed by atoms with Crippen molar-refractivity contribution in [2.24, 2.45) is 11.3 Å². The van der Waals surface area contributed by atoms with Crippen LogP contribution in [0.3, 0.4) is 0 Å². The third-order valence-electron chi connectivity index (χ3n) is 8.83. The molecule has 1 unspecified atom stereocenters. The summed E-state index contributed by atoms with van der Waals surface area (Å²) in [6, 6.07) is 25.5. The van der Waals surface area contributed by atoms with Gasteiger partial charge in [-0.15, -0.1) is 24.8 Å². The molecular formula is C34H42Cl2Zr.